The van der Waals surface area contributed by atoms with Gasteiger partial charge < -0.3 is 14.4 Å². The molecule has 0 unspecified atom stereocenters. The van der Waals surface area contributed by atoms with Crippen LogP contribution >= 0.6 is 12.4 Å². The Morgan fingerprint density at radius 2 is 1.35 bits per heavy atom. The Kier molecular flexibility index (Phi) is 12.5. The number of ether oxygens (including phenoxy) is 2. The van der Waals surface area contributed by atoms with Gasteiger partial charge in [0.25, 0.3) is 0 Å². The van der Waals surface area contributed by atoms with Crippen LogP contribution in [-0.4, -0.2) is 31.1 Å². The summed E-state index contributed by atoms with van der Waals surface area (Å²) in [5, 5.41) is 0. The molecule has 0 amide bonds. The zero-order chi connectivity index (χ0) is 20.9. The van der Waals surface area contributed by atoms with Gasteiger partial charge in [0.15, 0.2) is 0 Å². The van der Waals surface area contributed by atoms with Crippen LogP contribution in [0.15, 0.2) is 54.6 Å². The van der Waals surface area contributed by atoms with Crippen LogP contribution < -0.4 is 9.47 Å². The molecule has 0 bridgehead atoms. The maximum Gasteiger partial charge on any atom is 0.120 e. The van der Waals surface area contributed by atoms with Gasteiger partial charge in [0.1, 0.15) is 18.1 Å². The van der Waals surface area contributed by atoms with Gasteiger partial charge in [-0.25, -0.2) is 0 Å². The van der Waals surface area contributed by atoms with Crippen molar-refractivity contribution in [3.8, 4) is 11.5 Å². The quantitative estimate of drug-likeness (QED) is 0.302. The molecule has 172 valence electrons. The molecule has 0 aliphatic heterocycles. The van der Waals surface area contributed by atoms with E-state index in [4.69, 9.17) is 9.47 Å². The fourth-order valence-corrected chi connectivity index (χ4v) is 4.26. The van der Waals surface area contributed by atoms with Gasteiger partial charge in [-0.15, -0.1) is 12.4 Å². The van der Waals surface area contributed by atoms with Gasteiger partial charge in [0.05, 0.1) is 6.61 Å². The van der Waals surface area contributed by atoms with E-state index in [-0.39, 0.29) is 12.4 Å². The van der Waals surface area contributed by atoms with Gasteiger partial charge in [0, 0.05) is 6.04 Å². The first-order chi connectivity index (χ1) is 14.8. The van der Waals surface area contributed by atoms with Crippen molar-refractivity contribution in [2.75, 3.05) is 20.2 Å². The smallest absolute Gasteiger partial charge is 0.120 e. The maximum atomic E-state index is 5.88. The van der Waals surface area contributed by atoms with E-state index in [1.807, 2.05) is 42.5 Å². The summed E-state index contributed by atoms with van der Waals surface area (Å²) in [6.45, 7) is 2.66. The second-order valence-electron chi connectivity index (χ2n) is 8.63. The van der Waals surface area contributed by atoms with Crippen molar-refractivity contribution < 1.29 is 9.47 Å². The molecule has 0 N–H and O–H groups in total. The van der Waals surface area contributed by atoms with E-state index >= 15 is 0 Å². The molecule has 0 heterocycles. The van der Waals surface area contributed by atoms with Gasteiger partial charge >= 0.3 is 0 Å². The minimum absolute atomic E-state index is 0. The molecular weight excluding hydrogens is 406 g/mol. The molecule has 0 saturated heterocycles. The second-order valence-corrected chi connectivity index (χ2v) is 8.63. The molecule has 31 heavy (non-hydrogen) atoms. The molecule has 3 nitrogen and oxygen atoms in total. The molecule has 0 spiro atoms. The molecule has 1 fully saturated rings. The third-order valence-electron chi connectivity index (χ3n) is 6.19. The van der Waals surface area contributed by atoms with Crippen LogP contribution in [0.3, 0.4) is 0 Å². The van der Waals surface area contributed by atoms with E-state index in [1.54, 1.807) is 0 Å². The molecular formula is C27H40ClNO2. The molecule has 0 atom stereocenters. The SMILES string of the molecule is CN(CCCCCCCOc1ccc(OCc2ccccc2)cc1)C1CCCCC1.Cl. The van der Waals surface area contributed by atoms with E-state index in [0.29, 0.717) is 6.61 Å². The molecule has 4 heteroatoms. The number of unbranched alkanes of at least 4 members (excludes halogenated alkanes) is 4. The third-order valence-corrected chi connectivity index (χ3v) is 6.19. The van der Waals surface area contributed by atoms with Gasteiger partial charge in [-0.05, 0) is 69.1 Å². The summed E-state index contributed by atoms with van der Waals surface area (Å²) in [5.41, 5.74) is 1.18. The zero-order valence-corrected chi connectivity index (χ0v) is 20.0. The maximum absolute atomic E-state index is 5.88. The highest BCUT2D eigenvalue weighted by atomic mass is 35.5. The van der Waals surface area contributed by atoms with Crippen LogP contribution in [0.4, 0.5) is 0 Å². The van der Waals surface area contributed by atoms with Crippen molar-refractivity contribution in [1.29, 1.82) is 0 Å². The summed E-state index contributed by atoms with van der Waals surface area (Å²) in [7, 11) is 2.32. The van der Waals surface area contributed by atoms with Crippen molar-refractivity contribution in [3.05, 3.63) is 60.2 Å². The highest BCUT2D eigenvalue weighted by Gasteiger charge is 2.17. The highest BCUT2D eigenvalue weighted by molar-refractivity contribution is 5.85. The number of hydrogen-bond acceptors (Lipinski definition) is 3. The summed E-state index contributed by atoms with van der Waals surface area (Å²) < 4.78 is 11.7. The lowest BCUT2D eigenvalue weighted by Gasteiger charge is -2.31. The van der Waals surface area contributed by atoms with E-state index in [2.05, 4.69) is 24.1 Å². The Hall–Kier alpha value is -1.71. The van der Waals surface area contributed by atoms with Crippen LogP contribution in [0, 0.1) is 0 Å². The van der Waals surface area contributed by atoms with Gasteiger partial charge in [-0.1, -0.05) is 68.9 Å². The zero-order valence-electron chi connectivity index (χ0n) is 19.1. The Morgan fingerprint density at radius 3 is 2.06 bits per heavy atom. The Bertz CT molecular complexity index is 686. The molecule has 1 saturated carbocycles. The predicted molar refractivity (Wildman–Crippen MR) is 133 cm³/mol. The minimum Gasteiger partial charge on any atom is -0.494 e. The number of rotatable bonds is 13. The van der Waals surface area contributed by atoms with E-state index in [0.717, 1.165) is 30.6 Å². The van der Waals surface area contributed by atoms with E-state index < -0.39 is 0 Å². The Labute approximate surface area is 195 Å². The molecule has 1 aliphatic carbocycles. The summed E-state index contributed by atoms with van der Waals surface area (Å²) in [6, 6.07) is 19.1. The lowest BCUT2D eigenvalue weighted by Crippen LogP contribution is -2.34. The van der Waals surface area contributed by atoms with Gasteiger partial charge in [0.2, 0.25) is 0 Å². The van der Waals surface area contributed by atoms with Crippen molar-refractivity contribution in [1.82, 2.24) is 4.90 Å². The molecule has 0 aromatic heterocycles. The first-order valence-corrected chi connectivity index (χ1v) is 11.9. The largest absolute Gasteiger partial charge is 0.494 e. The first-order valence-electron chi connectivity index (χ1n) is 11.9. The highest BCUT2D eigenvalue weighted by Crippen LogP contribution is 2.22. The van der Waals surface area contributed by atoms with Crippen LogP contribution in [0.5, 0.6) is 11.5 Å². The van der Waals surface area contributed by atoms with Crippen molar-refractivity contribution in [2.24, 2.45) is 0 Å². The summed E-state index contributed by atoms with van der Waals surface area (Å²) >= 11 is 0. The monoisotopic (exact) mass is 445 g/mol. The van der Waals surface area contributed by atoms with Crippen LogP contribution in [0.25, 0.3) is 0 Å². The number of halogens is 1. The molecule has 2 aromatic carbocycles. The molecule has 2 aromatic rings. The van der Waals surface area contributed by atoms with Crippen molar-refractivity contribution in [2.45, 2.75) is 76.9 Å². The summed E-state index contributed by atoms with van der Waals surface area (Å²) in [6.07, 6.45) is 13.5. The number of benzene rings is 2. The average molecular weight is 446 g/mol. The lowest BCUT2D eigenvalue weighted by molar-refractivity contribution is 0.188. The minimum atomic E-state index is 0. The van der Waals surface area contributed by atoms with E-state index in [1.165, 1.54) is 69.9 Å². The Balaban J connectivity index is 0.00000341. The topological polar surface area (TPSA) is 21.7 Å². The number of nitrogens with zero attached hydrogens (tertiary/aromatic N) is 1. The van der Waals surface area contributed by atoms with Gasteiger partial charge in [-0.2, -0.15) is 0 Å². The second kappa shape index (κ2) is 15.2. The van der Waals surface area contributed by atoms with Crippen molar-refractivity contribution >= 4 is 12.4 Å². The average Bonchev–Trinajstić information content (AvgIpc) is 2.81. The Morgan fingerprint density at radius 1 is 0.742 bits per heavy atom. The molecule has 0 radical (unpaired) electrons. The van der Waals surface area contributed by atoms with Crippen molar-refractivity contribution in [3.63, 3.8) is 0 Å². The molecule has 1 aliphatic rings. The van der Waals surface area contributed by atoms with Crippen LogP contribution in [0.1, 0.15) is 69.8 Å². The fourth-order valence-electron chi connectivity index (χ4n) is 4.26. The molecule has 3 rings (SSSR count). The third kappa shape index (κ3) is 9.97. The summed E-state index contributed by atoms with van der Waals surface area (Å²) in [5.74, 6) is 1.81. The van der Waals surface area contributed by atoms with Crippen LogP contribution in [-0.2, 0) is 6.61 Å². The fraction of sp³-hybridized carbons (Fsp3) is 0.556. The van der Waals surface area contributed by atoms with E-state index in [9.17, 15) is 0 Å². The normalized spacial score (nSPS) is 14.3. The lowest BCUT2D eigenvalue weighted by atomic mass is 9.94. The van der Waals surface area contributed by atoms with Crippen LogP contribution in [0.2, 0.25) is 0 Å². The number of hydrogen-bond donors (Lipinski definition) is 0. The predicted octanol–water partition coefficient (Wildman–Crippen LogP) is 7.28. The van der Waals surface area contributed by atoms with Gasteiger partial charge in [-0.3, -0.25) is 0 Å². The first kappa shape index (κ1) is 25.5. The standard InChI is InChI=1S/C27H39NO2.ClH/c1-28(25-15-9-6-10-16-25)21-11-3-2-4-12-22-29-26-17-19-27(20-18-26)30-23-24-13-7-5-8-14-24;/h5,7-8,13-14,17-20,25H,2-4,6,9-12,15-16,21-23H2,1H3;1H. The summed E-state index contributed by atoms with van der Waals surface area (Å²) in [4.78, 5) is 2.61.